The van der Waals surface area contributed by atoms with E-state index in [9.17, 15) is 4.79 Å². The van der Waals surface area contributed by atoms with Gasteiger partial charge >= 0.3 is 0 Å². The van der Waals surface area contributed by atoms with Crippen LogP contribution in [0.3, 0.4) is 0 Å². The Morgan fingerprint density at radius 1 is 1.22 bits per heavy atom. The third-order valence-electron chi connectivity index (χ3n) is 7.41. The predicted molar refractivity (Wildman–Crippen MR) is 98.3 cm³/mol. The molecule has 1 spiro atoms. The smallest absolute Gasteiger partial charge is 0.168 e. The van der Waals surface area contributed by atoms with E-state index in [0.29, 0.717) is 19.6 Å². The summed E-state index contributed by atoms with van der Waals surface area (Å²) in [6.07, 6.45) is 7.00. The fourth-order valence-electron chi connectivity index (χ4n) is 5.79. The molecule has 1 aromatic rings. The molecule has 1 aromatic carbocycles. The number of ketones is 1. The van der Waals surface area contributed by atoms with Crippen molar-refractivity contribution in [2.75, 3.05) is 13.7 Å². The van der Waals surface area contributed by atoms with Gasteiger partial charge in [0, 0.05) is 23.7 Å². The Morgan fingerprint density at radius 2 is 2.04 bits per heavy atom. The first-order valence-electron chi connectivity index (χ1n) is 9.76. The molecule has 4 bridgehead atoms. The molecule has 0 radical (unpaired) electrons. The molecule has 5 nitrogen and oxygen atoms in total. The van der Waals surface area contributed by atoms with Gasteiger partial charge in [-0.25, -0.2) is 0 Å². The summed E-state index contributed by atoms with van der Waals surface area (Å²) >= 11 is 0. The van der Waals surface area contributed by atoms with Crippen molar-refractivity contribution in [1.82, 2.24) is 0 Å². The van der Waals surface area contributed by atoms with Gasteiger partial charge in [-0.1, -0.05) is 25.1 Å². The number of hydrogen-bond acceptors (Lipinski definition) is 5. The van der Waals surface area contributed by atoms with Crippen LogP contribution >= 0.6 is 0 Å². The molecule has 1 saturated carbocycles. The minimum atomic E-state index is -0.336. The Labute approximate surface area is 159 Å². The second-order valence-electron chi connectivity index (χ2n) is 8.62. The van der Waals surface area contributed by atoms with Crippen molar-refractivity contribution in [2.24, 2.45) is 10.8 Å². The predicted octanol–water partition coefficient (Wildman–Crippen LogP) is 3.41. The highest BCUT2D eigenvalue weighted by molar-refractivity contribution is 5.90. The van der Waals surface area contributed by atoms with Crippen molar-refractivity contribution in [2.45, 2.75) is 57.2 Å². The van der Waals surface area contributed by atoms with Crippen LogP contribution in [0.2, 0.25) is 0 Å². The van der Waals surface area contributed by atoms with Crippen molar-refractivity contribution in [3.05, 3.63) is 42.0 Å². The Morgan fingerprint density at radius 3 is 2.74 bits per heavy atom. The zero-order chi connectivity index (χ0) is 18.7. The molecule has 144 valence electrons. The average Bonchev–Trinajstić information content (AvgIpc) is 2.95. The molecular formula is C22H26O5. The van der Waals surface area contributed by atoms with Crippen molar-refractivity contribution in [3.8, 4) is 5.75 Å². The zero-order valence-electron chi connectivity index (χ0n) is 15.9. The van der Waals surface area contributed by atoms with Gasteiger partial charge in [0.25, 0.3) is 0 Å². The summed E-state index contributed by atoms with van der Waals surface area (Å²) in [6.45, 7) is 3.41. The van der Waals surface area contributed by atoms with Gasteiger partial charge in [0.1, 0.15) is 11.4 Å². The highest BCUT2D eigenvalue weighted by Crippen LogP contribution is 2.72. The van der Waals surface area contributed by atoms with Crippen molar-refractivity contribution < 1.29 is 23.7 Å². The van der Waals surface area contributed by atoms with Crippen molar-refractivity contribution >= 4 is 5.78 Å². The van der Waals surface area contributed by atoms with Gasteiger partial charge in [0.15, 0.2) is 12.1 Å². The lowest BCUT2D eigenvalue weighted by atomic mass is 9.56. The van der Waals surface area contributed by atoms with E-state index in [1.54, 1.807) is 13.2 Å². The molecule has 0 aromatic heterocycles. The lowest BCUT2D eigenvalue weighted by Crippen LogP contribution is -2.51. The first-order chi connectivity index (χ1) is 13.0. The molecule has 0 N–H and O–H groups in total. The highest BCUT2D eigenvalue weighted by atomic mass is 16.7. The van der Waals surface area contributed by atoms with Gasteiger partial charge in [0.2, 0.25) is 0 Å². The molecule has 5 atom stereocenters. The summed E-state index contributed by atoms with van der Waals surface area (Å²) in [7, 11) is 1.67. The second-order valence-corrected chi connectivity index (χ2v) is 8.62. The zero-order valence-corrected chi connectivity index (χ0v) is 15.9. The number of allylic oxidation sites excluding steroid dienone is 1. The van der Waals surface area contributed by atoms with Gasteiger partial charge in [-0.2, -0.15) is 0 Å². The van der Waals surface area contributed by atoms with Gasteiger partial charge in [0.05, 0.1) is 26.4 Å². The van der Waals surface area contributed by atoms with Crippen LogP contribution in [-0.2, 0) is 25.6 Å². The van der Waals surface area contributed by atoms with Crippen LogP contribution in [0.15, 0.2) is 36.4 Å². The van der Waals surface area contributed by atoms with Crippen LogP contribution in [0, 0.1) is 10.8 Å². The van der Waals surface area contributed by atoms with Gasteiger partial charge in [-0.15, -0.1) is 0 Å². The summed E-state index contributed by atoms with van der Waals surface area (Å²) in [5, 5.41) is 0. The van der Waals surface area contributed by atoms with E-state index >= 15 is 0 Å². The number of benzene rings is 1. The SMILES string of the molecule is COc1ccc(COC[C@@]23C[C@H]4C[C@]2(C)[C@@]2(C=CC(=O)CC2)[C@H](O4)O3)cc1. The van der Waals surface area contributed by atoms with E-state index in [-0.39, 0.29) is 34.6 Å². The van der Waals surface area contributed by atoms with E-state index in [1.807, 2.05) is 24.3 Å². The lowest BCUT2D eigenvalue weighted by Gasteiger charge is -2.48. The fraction of sp³-hybridized carbons (Fsp3) is 0.591. The molecule has 4 fully saturated rings. The third kappa shape index (κ3) is 2.31. The normalized spacial score (nSPS) is 41.6. The summed E-state index contributed by atoms with van der Waals surface area (Å²) in [5.74, 6) is 1.05. The molecule has 3 heterocycles. The van der Waals surface area contributed by atoms with Crippen molar-refractivity contribution in [3.63, 3.8) is 0 Å². The van der Waals surface area contributed by atoms with E-state index in [0.717, 1.165) is 30.6 Å². The summed E-state index contributed by atoms with van der Waals surface area (Å²) < 4.78 is 24.1. The van der Waals surface area contributed by atoms with Crippen LogP contribution in [-0.4, -0.2) is 37.5 Å². The van der Waals surface area contributed by atoms with E-state index in [1.165, 1.54) is 0 Å². The second kappa shape index (κ2) is 5.90. The first kappa shape index (κ1) is 17.4. The van der Waals surface area contributed by atoms with Crippen LogP contribution in [0.4, 0.5) is 0 Å². The monoisotopic (exact) mass is 370 g/mol. The maximum absolute atomic E-state index is 11.8. The molecule has 5 aliphatic rings. The maximum Gasteiger partial charge on any atom is 0.168 e. The summed E-state index contributed by atoms with van der Waals surface area (Å²) in [6, 6.07) is 7.95. The summed E-state index contributed by atoms with van der Waals surface area (Å²) in [5.41, 5.74) is 0.504. The quantitative estimate of drug-likeness (QED) is 0.795. The number of hydrogen-bond donors (Lipinski definition) is 0. The van der Waals surface area contributed by atoms with E-state index < -0.39 is 0 Å². The Balaban J connectivity index is 1.35. The molecular weight excluding hydrogens is 344 g/mol. The number of rotatable bonds is 5. The number of carbonyl (C=O) groups is 1. The molecule has 3 saturated heterocycles. The standard InChI is InChI=1S/C22H26O5/c1-20-11-18-12-22(20,14-25-13-15-3-5-17(24-2)6-4-15)27-19(26-18)21(20)9-7-16(23)8-10-21/h3-7,9,18-19H,8,10-14H2,1-2H3/t18-,19-,20-,21-,22+/m1/s1. The average molecular weight is 370 g/mol. The Hall–Kier alpha value is -1.69. The molecule has 3 aliphatic heterocycles. The Kier molecular flexibility index (Phi) is 3.81. The largest absolute Gasteiger partial charge is 0.497 e. The number of ether oxygens (including phenoxy) is 4. The number of carbonyl (C=O) groups excluding carboxylic acids is 1. The molecule has 6 rings (SSSR count). The summed E-state index contributed by atoms with van der Waals surface area (Å²) in [4.78, 5) is 11.8. The van der Waals surface area contributed by atoms with Crippen LogP contribution in [0.5, 0.6) is 5.75 Å². The maximum atomic E-state index is 11.8. The minimum absolute atomic E-state index is 0.0648. The van der Waals surface area contributed by atoms with Crippen LogP contribution < -0.4 is 4.74 Å². The Bertz CT molecular complexity index is 786. The lowest BCUT2D eigenvalue weighted by molar-refractivity contribution is -0.262. The number of methoxy groups -OCH3 is 1. The van der Waals surface area contributed by atoms with E-state index in [2.05, 4.69) is 13.0 Å². The van der Waals surface area contributed by atoms with Gasteiger partial charge in [-0.3, -0.25) is 4.79 Å². The highest BCUT2D eigenvalue weighted by Gasteiger charge is 2.77. The topological polar surface area (TPSA) is 54.0 Å². The fourth-order valence-corrected chi connectivity index (χ4v) is 5.79. The van der Waals surface area contributed by atoms with Gasteiger partial charge < -0.3 is 18.9 Å². The van der Waals surface area contributed by atoms with Crippen molar-refractivity contribution in [1.29, 1.82) is 0 Å². The van der Waals surface area contributed by atoms with Gasteiger partial charge in [-0.05, 0) is 36.6 Å². The van der Waals surface area contributed by atoms with E-state index in [4.69, 9.17) is 18.9 Å². The molecule has 5 heteroatoms. The minimum Gasteiger partial charge on any atom is -0.497 e. The molecule has 27 heavy (non-hydrogen) atoms. The third-order valence-corrected chi connectivity index (χ3v) is 7.41. The molecule has 0 unspecified atom stereocenters. The molecule has 0 amide bonds. The van der Waals surface area contributed by atoms with Crippen LogP contribution in [0.25, 0.3) is 0 Å². The van der Waals surface area contributed by atoms with Crippen LogP contribution in [0.1, 0.15) is 38.2 Å². The molecule has 2 aliphatic carbocycles. The first-order valence-corrected chi connectivity index (χ1v) is 9.76.